The van der Waals surface area contributed by atoms with Crippen LogP contribution in [0, 0.1) is 0 Å². The topological polar surface area (TPSA) is 13.7 Å². The molecule has 1 N–H and O–H groups in total. The standard InChI is InChI=1S/C7H17NO/c1-6(2)8(9-5)7(3)4/h6-7H,1-5H3/p+1. The molecule has 2 heteroatoms. The molecule has 0 spiro atoms. The Hall–Kier alpha value is -0.0800. The largest absolute Gasteiger partial charge is 0.208 e. The normalized spacial score (nSPS) is 12.0. The number of nitrogens with one attached hydrogen (secondary N) is 1. The lowest BCUT2D eigenvalue weighted by atomic mass is 10.3. The molecule has 0 atom stereocenters. The molecule has 0 aliphatic rings. The number of rotatable bonds is 3. The minimum Gasteiger partial charge on any atom is -0.208 e. The number of hydroxylamine groups is 2. The number of quaternary nitrogens is 1. The van der Waals surface area contributed by atoms with Gasteiger partial charge in [-0.05, 0) is 27.7 Å². The van der Waals surface area contributed by atoms with Crippen LogP contribution in [0.5, 0.6) is 0 Å². The lowest BCUT2D eigenvalue weighted by Gasteiger charge is -2.22. The first-order chi connectivity index (χ1) is 4.09. The van der Waals surface area contributed by atoms with E-state index in [-0.39, 0.29) is 0 Å². The van der Waals surface area contributed by atoms with Crippen molar-refractivity contribution < 1.29 is 9.90 Å². The Kier molecular flexibility index (Phi) is 3.82. The summed E-state index contributed by atoms with van der Waals surface area (Å²) in [6.45, 7) is 8.61. The van der Waals surface area contributed by atoms with Crippen molar-refractivity contribution in [2.45, 2.75) is 39.8 Å². The van der Waals surface area contributed by atoms with Gasteiger partial charge in [0, 0.05) is 0 Å². The van der Waals surface area contributed by atoms with E-state index in [1.54, 1.807) is 7.11 Å². The third-order valence-corrected chi connectivity index (χ3v) is 1.37. The Balaban J connectivity index is 3.68. The highest BCUT2D eigenvalue weighted by molar-refractivity contribution is 4.34. The van der Waals surface area contributed by atoms with Gasteiger partial charge in [-0.25, -0.2) is 4.84 Å². The molecule has 0 rings (SSSR count). The average molecular weight is 132 g/mol. The van der Waals surface area contributed by atoms with Gasteiger partial charge in [-0.15, -0.1) is 0 Å². The third kappa shape index (κ3) is 2.82. The zero-order chi connectivity index (χ0) is 7.44. The Morgan fingerprint density at radius 2 is 1.33 bits per heavy atom. The van der Waals surface area contributed by atoms with E-state index in [1.165, 1.54) is 5.06 Å². The van der Waals surface area contributed by atoms with Crippen LogP contribution < -0.4 is 5.06 Å². The third-order valence-electron chi connectivity index (χ3n) is 1.37. The van der Waals surface area contributed by atoms with Crippen LogP contribution in [-0.4, -0.2) is 19.2 Å². The van der Waals surface area contributed by atoms with Crippen LogP contribution in [0.25, 0.3) is 0 Å². The van der Waals surface area contributed by atoms with Crippen molar-refractivity contribution in [1.82, 2.24) is 0 Å². The summed E-state index contributed by atoms with van der Waals surface area (Å²) >= 11 is 0. The van der Waals surface area contributed by atoms with Crippen LogP contribution in [0.15, 0.2) is 0 Å². The Labute approximate surface area is 57.8 Å². The van der Waals surface area contributed by atoms with Gasteiger partial charge in [0.2, 0.25) is 0 Å². The fraction of sp³-hybridized carbons (Fsp3) is 1.00. The molecule has 0 unspecified atom stereocenters. The maximum atomic E-state index is 5.19. The maximum absolute atomic E-state index is 5.19. The molecule has 0 bridgehead atoms. The van der Waals surface area contributed by atoms with Crippen molar-refractivity contribution in [3.8, 4) is 0 Å². The van der Waals surface area contributed by atoms with Crippen LogP contribution in [-0.2, 0) is 4.84 Å². The zero-order valence-corrected chi connectivity index (χ0v) is 7.06. The van der Waals surface area contributed by atoms with Gasteiger partial charge in [0.05, 0.1) is 7.11 Å². The fourth-order valence-corrected chi connectivity index (χ4v) is 1.14. The van der Waals surface area contributed by atoms with Crippen molar-refractivity contribution in [2.75, 3.05) is 7.11 Å². The van der Waals surface area contributed by atoms with Gasteiger partial charge in [0.1, 0.15) is 12.1 Å². The van der Waals surface area contributed by atoms with Crippen LogP contribution in [0.1, 0.15) is 27.7 Å². The summed E-state index contributed by atoms with van der Waals surface area (Å²) in [7, 11) is 1.75. The average Bonchev–Trinajstić information content (AvgIpc) is 1.64. The molecular formula is C7H18NO+. The molecule has 56 valence electrons. The minimum atomic E-state index is 0.551. The van der Waals surface area contributed by atoms with E-state index in [2.05, 4.69) is 27.7 Å². The number of hydrogen-bond acceptors (Lipinski definition) is 1. The molecule has 0 fully saturated rings. The molecule has 0 aliphatic heterocycles. The first-order valence-corrected chi connectivity index (χ1v) is 3.50. The van der Waals surface area contributed by atoms with E-state index in [0.717, 1.165) is 0 Å². The number of hydrogen-bond donors (Lipinski definition) is 1. The predicted molar refractivity (Wildman–Crippen MR) is 38.2 cm³/mol. The summed E-state index contributed by atoms with van der Waals surface area (Å²) < 4.78 is 0. The smallest absolute Gasteiger partial charge is 0.112 e. The molecular weight excluding hydrogens is 114 g/mol. The Morgan fingerprint density at radius 1 is 1.00 bits per heavy atom. The fourth-order valence-electron chi connectivity index (χ4n) is 1.14. The molecule has 0 saturated carbocycles. The van der Waals surface area contributed by atoms with E-state index in [0.29, 0.717) is 12.1 Å². The summed E-state index contributed by atoms with van der Waals surface area (Å²) in [5.74, 6) is 0. The van der Waals surface area contributed by atoms with Gasteiger partial charge in [0.25, 0.3) is 0 Å². The second kappa shape index (κ2) is 3.85. The van der Waals surface area contributed by atoms with Gasteiger partial charge in [-0.3, -0.25) is 0 Å². The van der Waals surface area contributed by atoms with Crippen LogP contribution in [0.4, 0.5) is 0 Å². The summed E-state index contributed by atoms with van der Waals surface area (Å²) in [5.41, 5.74) is 0. The Bertz CT molecular complexity index is 63.3. The van der Waals surface area contributed by atoms with Crippen LogP contribution in [0.3, 0.4) is 0 Å². The molecule has 0 aromatic carbocycles. The Morgan fingerprint density at radius 3 is 1.33 bits per heavy atom. The van der Waals surface area contributed by atoms with Crippen molar-refractivity contribution in [3.05, 3.63) is 0 Å². The molecule has 0 aromatic rings. The first kappa shape index (κ1) is 8.92. The van der Waals surface area contributed by atoms with Crippen molar-refractivity contribution in [2.24, 2.45) is 0 Å². The second-order valence-electron chi connectivity index (χ2n) is 2.92. The van der Waals surface area contributed by atoms with Crippen molar-refractivity contribution in [1.29, 1.82) is 0 Å². The lowest BCUT2D eigenvalue weighted by molar-refractivity contribution is -1.12. The SMILES string of the molecule is CO[NH+](C(C)C)C(C)C. The molecule has 2 nitrogen and oxygen atoms in total. The summed E-state index contributed by atoms with van der Waals surface area (Å²) in [5, 5.41) is 1.19. The van der Waals surface area contributed by atoms with Gasteiger partial charge < -0.3 is 0 Å². The lowest BCUT2D eigenvalue weighted by Crippen LogP contribution is -3.16. The van der Waals surface area contributed by atoms with Crippen molar-refractivity contribution >= 4 is 0 Å². The molecule has 0 aromatic heterocycles. The summed E-state index contributed by atoms with van der Waals surface area (Å²) in [6.07, 6.45) is 0. The second-order valence-corrected chi connectivity index (χ2v) is 2.92. The van der Waals surface area contributed by atoms with Gasteiger partial charge in [-0.1, -0.05) is 0 Å². The van der Waals surface area contributed by atoms with Gasteiger partial charge in [0.15, 0.2) is 0 Å². The van der Waals surface area contributed by atoms with Gasteiger partial charge >= 0.3 is 0 Å². The molecule has 0 heterocycles. The van der Waals surface area contributed by atoms with Crippen molar-refractivity contribution in [3.63, 3.8) is 0 Å². The predicted octanol–water partition coefficient (Wildman–Crippen LogP) is 0.250. The van der Waals surface area contributed by atoms with E-state index >= 15 is 0 Å². The maximum Gasteiger partial charge on any atom is 0.112 e. The van der Waals surface area contributed by atoms with Crippen LogP contribution in [0.2, 0.25) is 0 Å². The summed E-state index contributed by atoms with van der Waals surface area (Å²) in [6, 6.07) is 1.10. The summed E-state index contributed by atoms with van der Waals surface area (Å²) in [4.78, 5) is 5.19. The van der Waals surface area contributed by atoms with E-state index in [1.807, 2.05) is 0 Å². The molecule has 0 aliphatic carbocycles. The highest BCUT2D eigenvalue weighted by Crippen LogP contribution is 1.74. The monoisotopic (exact) mass is 132 g/mol. The van der Waals surface area contributed by atoms with Crippen LogP contribution >= 0.6 is 0 Å². The molecule has 0 radical (unpaired) electrons. The quantitative estimate of drug-likeness (QED) is 0.543. The highest BCUT2D eigenvalue weighted by atomic mass is 16.7. The minimum absolute atomic E-state index is 0.551. The van der Waals surface area contributed by atoms with Gasteiger partial charge in [-0.2, -0.15) is 5.06 Å². The van der Waals surface area contributed by atoms with E-state index in [9.17, 15) is 0 Å². The molecule has 0 amide bonds. The van der Waals surface area contributed by atoms with E-state index in [4.69, 9.17) is 4.84 Å². The first-order valence-electron chi connectivity index (χ1n) is 3.50. The van der Waals surface area contributed by atoms with E-state index < -0.39 is 0 Å². The molecule has 0 saturated heterocycles. The molecule has 9 heavy (non-hydrogen) atoms. The zero-order valence-electron chi connectivity index (χ0n) is 7.06. The highest BCUT2D eigenvalue weighted by Gasteiger charge is 2.15.